The lowest BCUT2D eigenvalue weighted by atomic mass is 10.0. The first-order valence-electron chi connectivity index (χ1n) is 5.98. The van der Waals surface area contributed by atoms with E-state index in [1.165, 1.54) is 30.3 Å². The molecule has 0 radical (unpaired) electrons. The maximum atomic E-state index is 4.39. The normalized spacial score (nSPS) is 17.8. The first-order valence-corrected chi connectivity index (χ1v) is 5.98. The van der Waals surface area contributed by atoms with Gasteiger partial charge in [-0.05, 0) is 31.5 Å². The van der Waals surface area contributed by atoms with Crippen molar-refractivity contribution in [1.82, 2.24) is 14.9 Å². The third-order valence-electron chi connectivity index (χ3n) is 3.45. The number of rotatable bonds is 4. The van der Waals surface area contributed by atoms with Crippen molar-refractivity contribution in [1.29, 1.82) is 0 Å². The molecule has 1 unspecified atom stereocenters. The lowest BCUT2D eigenvalue weighted by Crippen LogP contribution is -2.16. The summed E-state index contributed by atoms with van der Waals surface area (Å²) in [6, 6.07) is 6.68. The summed E-state index contributed by atoms with van der Waals surface area (Å²) in [6.45, 7) is 0. The van der Waals surface area contributed by atoms with Crippen molar-refractivity contribution in [3.05, 3.63) is 36.2 Å². The van der Waals surface area contributed by atoms with Gasteiger partial charge in [0.05, 0.1) is 11.7 Å². The fourth-order valence-electron chi connectivity index (χ4n) is 2.31. The zero-order valence-electron chi connectivity index (χ0n) is 9.56. The van der Waals surface area contributed by atoms with Crippen LogP contribution in [0.2, 0.25) is 0 Å². The molecule has 0 spiro atoms. The van der Waals surface area contributed by atoms with E-state index in [-0.39, 0.29) is 0 Å². The van der Waals surface area contributed by atoms with E-state index in [2.05, 4.69) is 22.5 Å². The average Bonchev–Trinajstić information content (AvgIpc) is 3.04. The van der Waals surface area contributed by atoms with Crippen molar-refractivity contribution in [3.63, 3.8) is 0 Å². The first-order chi connectivity index (χ1) is 7.88. The highest BCUT2D eigenvalue weighted by molar-refractivity contribution is 5.54. The molecule has 1 aliphatic rings. The van der Waals surface area contributed by atoms with Gasteiger partial charge in [0.1, 0.15) is 0 Å². The molecule has 0 aliphatic heterocycles. The monoisotopic (exact) mass is 215 g/mol. The van der Waals surface area contributed by atoms with Crippen molar-refractivity contribution < 1.29 is 0 Å². The fraction of sp³-hybridized carbons (Fsp3) is 0.462. The van der Waals surface area contributed by atoms with Crippen LogP contribution in [-0.4, -0.2) is 16.7 Å². The Morgan fingerprint density at radius 2 is 2.38 bits per heavy atom. The molecule has 2 heterocycles. The molecule has 1 N–H and O–H groups in total. The van der Waals surface area contributed by atoms with Gasteiger partial charge in [0, 0.05) is 17.8 Å². The topological polar surface area (TPSA) is 29.3 Å². The van der Waals surface area contributed by atoms with E-state index in [0.717, 1.165) is 5.92 Å². The molecular weight excluding hydrogens is 198 g/mol. The van der Waals surface area contributed by atoms with Crippen molar-refractivity contribution in [2.24, 2.45) is 5.92 Å². The Bertz CT molecular complexity index is 485. The zero-order chi connectivity index (χ0) is 11.0. The van der Waals surface area contributed by atoms with Gasteiger partial charge in [-0.3, -0.25) is 0 Å². The minimum absolute atomic E-state index is 0.451. The third kappa shape index (κ3) is 1.71. The van der Waals surface area contributed by atoms with Crippen LogP contribution in [0, 0.1) is 5.92 Å². The summed E-state index contributed by atoms with van der Waals surface area (Å²) in [5.74, 6) is 0.927. The van der Waals surface area contributed by atoms with E-state index in [4.69, 9.17) is 0 Å². The fourth-order valence-corrected chi connectivity index (χ4v) is 2.31. The van der Waals surface area contributed by atoms with E-state index >= 15 is 0 Å². The standard InChI is InChI=1S/C13H17N3/c1-14-12(8-10-5-6-10)11-9-15-16-7-3-2-4-13(11)16/h2-4,7,9-10,12,14H,5-6,8H2,1H3. The van der Waals surface area contributed by atoms with Crippen LogP contribution in [0.25, 0.3) is 5.52 Å². The van der Waals surface area contributed by atoms with Crippen molar-refractivity contribution in [3.8, 4) is 0 Å². The molecule has 0 aromatic carbocycles. The van der Waals surface area contributed by atoms with Crippen LogP contribution in [0.1, 0.15) is 30.9 Å². The summed E-state index contributed by atoms with van der Waals surface area (Å²) in [5.41, 5.74) is 2.55. The molecule has 2 aromatic heterocycles. The minimum atomic E-state index is 0.451. The number of hydrogen-bond acceptors (Lipinski definition) is 2. The smallest absolute Gasteiger partial charge is 0.0709 e. The van der Waals surface area contributed by atoms with Crippen LogP contribution in [0.5, 0.6) is 0 Å². The van der Waals surface area contributed by atoms with Crippen LogP contribution in [-0.2, 0) is 0 Å². The Morgan fingerprint density at radius 1 is 1.50 bits per heavy atom. The summed E-state index contributed by atoms with van der Waals surface area (Å²) < 4.78 is 1.95. The van der Waals surface area contributed by atoms with E-state index in [1.54, 1.807) is 0 Å². The largest absolute Gasteiger partial charge is 0.313 e. The number of fused-ring (bicyclic) bond motifs is 1. The van der Waals surface area contributed by atoms with Crippen molar-refractivity contribution >= 4 is 5.52 Å². The molecule has 0 bridgehead atoms. The van der Waals surface area contributed by atoms with Gasteiger partial charge in [-0.25, -0.2) is 4.52 Å². The quantitative estimate of drug-likeness (QED) is 0.848. The van der Waals surface area contributed by atoms with Gasteiger partial charge in [0.25, 0.3) is 0 Å². The lowest BCUT2D eigenvalue weighted by Gasteiger charge is -2.14. The van der Waals surface area contributed by atoms with E-state index < -0.39 is 0 Å². The molecule has 16 heavy (non-hydrogen) atoms. The molecule has 84 valence electrons. The highest BCUT2D eigenvalue weighted by atomic mass is 15.2. The van der Waals surface area contributed by atoms with Crippen LogP contribution in [0.4, 0.5) is 0 Å². The van der Waals surface area contributed by atoms with Gasteiger partial charge >= 0.3 is 0 Å². The first kappa shape index (κ1) is 9.85. The van der Waals surface area contributed by atoms with Gasteiger partial charge in [-0.15, -0.1) is 0 Å². The summed E-state index contributed by atoms with van der Waals surface area (Å²) in [5, 5.41) is 7.81. The number of nitrogens with zero attached hydrogens (tertiary/aromatic N) is 2. The van der Waals surface area contributed by atoms with Gasteiger partial charge in [0.2, 0.25) is 0 Å². The summed E-state index contributed by atoms with van der Waals surface area (Å²) in [4.78, 5) is 0. The minimum Gasteiger partial charge on any atom is -0.313 e. The molecule has 1 saturated carbocycles. The highest BCUT2D eigenvalue weighted by Crippen LogP contribution is 2.38. The predicted octanol–water partition coefficient (Wildman–Crippen LogP) is 2.39. The number of hydrogen-bond donors (Lipinski definition) is 1. The van der Waals surface area contributed by atoms with E-state index in [0.29, 0.717) is 6.04 Å². The lowest BCUT2D eigenvalue weighted by molar-refractivity contribution is 0.517. The number of nitrogens with one attached hydrogen (secondary N) is 1. The van der Waals surface area contributed by atoms with Gasteiger partial charge in [0.15, 0.2) is 0 Å². The Morgan fingerprint density at radius 3 is 3.12 bits per heavy atom. The Labute approximate surface area is 95.5 Å². The molecule has 0 saturated heterocycles. The summed E-state index contributed by atoms with van der Waals surface area (Å²) in [6.07, 6.45) is 8.04. The van der Waals surface area contributed by atoms with E-state index in [9.17, 15) is 0 Å². The van der Waals surface area contributed by atoms with Crippen LogP contribution in [0.15, 0.2) is 30.6 Å². The predicted molar refractivity (Wildman–Crippen MR) is 64.3 cm³/mol. The van der Waals surface area contributed by atoms with Gasteiger partial charge in [-0.2, -0.15) is 5.10 Å². The second kappa shape index (κ2) is 3.91. The summed E-state index contributed by atoms with van der Waals surface area (Å²) in [7, 11) is 2.04. The highest BCUT2D eigenvalue weighted by Gasteiger charge is 2.26. The summed E-state index contributed by atoms with van der Waals surface area (Å²) >= 11 is 0. The number of aromatic nitrogens is 2. The maximum Gasteiger partial charge on any atom is 0.0709 e. The SMILES string of the molecule is CNC(CC1CC1)c1cnn2ccccc12. The third-order valence-corrected chi connectivity index (χ3v) is 3.45. The zero-order valence-corrected chi connectivity index (χ0v) is 9.56. The molecule has 3 rings (SSSR count). The van der Waals surface area contributed by atoms with E-state index in [1.807, 2.05) is 30.0 Å². The molecule has 0 amide bonds. The molecule has 2 aromatic rings. The Hall–Kier alpha value is -1.35. The molecular formula is C13H17N3. The Kier molecular flexibility index (Phi) is 2.40. The molecule has 3 heteroatoms. The maximum absolute atomic E-state index is 4.39. The molecule has 1 aliphatic carbocycles. The van der Waals surface area contributed by atoms with Crippen LogP contribution >= 0.6 is 0 Å². The van der Waals surface area contributed by atoms with Crippen LogP contribution in [0.3, 0.4) is 0 Å². The molecule has 1 atom stereocenters. The van der Waals surface area contributed by atoms with Gasteiger partial charge in [-0.1, -0.05) is 18.9 Å². The second-order valence-electron chi connectivity index (χ2n) is 4.65. The van der Waals surface area contributed by atoms with Crippen LogP contribution < -0.4 is 5.32 Å². The second-order valence-corrected chi connectivity index (χ2v) is 4.65. The van der Waals surface area contributed by atoms with Gasteiger partial charge < -0.3 is 5.32 Å². The van der Waals surface area contributed by atoms with Crippen molar-refractivity contribution in [2.45, 2.75) is 25.3 Å². The average molecular weight is 215 g/mol. The Balaban J connectivity index is 1.95. The number of pyridine rings is 1. The molecule has 3 nitrogen and oxygen atoms in total. The van der Waals surface area contributed by atoms with Crippen molar-refractivity contribution in [2.75, 3.05) is 7.05 Å². The molecule has 1 fully saturated rings.